The molecule has 6 heteroatoms. The molecule has 26 heavy (non-hydrogen) atoms. The van der Waals surface area contributed by atoms with E-state index in [0.717, 1.165) is 28.6 Å². The molecule has 6 nitrogen and oxygen atoms in total. The summed E-state index contributed by atoms with van der Waals surface area (Å²) in [7, 11) is 0. The van der Waals surface area contributed by atoms with E-state index in [1.165, 1.54) is 0 Å². The topological polar surface area (TPSA) is 76.2 Å². The minimum atomic E-state index is -0.148. The molecule has 3 aromatic rings. The number of hydrogen-bond donors (Lipinski definition) is 2. The Balaban J connectivity index is 1.40. The van der Waals surface area contributed by atoms with Crippen LogP contribution in [0.15, 0.2) is 42.6 Å². The molecule has 1 unspecified atom stereocenters. The molecule has 134 valence electrons. The number of fused-ring (bicyclic) bond motifs is 1. The van der Waals surface area contributed by atoms with Crippen LogP contribution in [0.2, 0.25) is 0 Å². The molecule has 2 aromatic heterocycles. The van der Waals surface area contributed by atoms with Gasteiger partial charge in [-0.15, -0.1) is 0 Å². The molecule has 0 aliphatic carbocycles. The lowest BCUT2D eigenvalue weighted by Crippen LogP contribution is -2.23. The zero-order valence-electron chi connectivity index (χ0n) is 14.6. The van der Waals surface area contributed by atoms with Gasteiger partial charge in [-0.2, -0.15) is 0 Å². The monoisotopic (exact) mass is 351 g/mol. The Bertz CT molecular complexity index is 929. The van der Waals surface area contributed by atoms with Gasteiger partial charge in [-0.25, -0.2) is 4.98 Å². The second-order valence-electron chi connectivity index (χ2n) is 6.54. The highest BCUT2D eigenvalue weighted by atomic mass is 16.5. The number of nitrogens with zero attached hydrogens (tertiary/aromatic N) is 1. The molecule has 0 bridgehead atoms. The third kappa shape index (κ3) is 3.70. The van der Waals surface area contributed by atoms with E-state index in [1.807, 2.05) is 19.1 Å². The second kappa shape index (κ2) is 7.17. The molecule has 1 aromatic carbocycles. The second-order valence-corrected chi connectivity index (χ2v) is 6.54. The van der Waals surface area contributed by atoms with Gasteiger partial charge in [0.2, 0.25) is 5.88 Å². The molecule has 1 saturated heterocycles. The number of pyridine rings is 1. The first kappa shape index (κ1) is 16.6. The van der Waals surface area contributed by atoms with E-state index >= 15 is 0 Å². The van der Waals surface area contributed by atoms with Crippen LogP contribution in [-0.2, 0) is 11.3 Å². The molecule has 0 radical (unpaired) electrons. The SMILES string of the molecule is Cc1cc2cc(CNC(=O)c3ccnc(OC4CCOC4)c3)ccc2[nH]1. The Morgan fingerprint density at radius 3 is 3.12 bits per heavy atom. The van der Waals surface area contributed by atoms with E-state index in [0.29, 0.717) is 31.2 Å². The first-order valence-corrected chi connectivity index (χ1v) is 8.74. The van der Waals surface area contributed by atoms with Crippen molar-refractivity contribution >= 4 is 16.8 Å². The molecule has 0 saturated carbocycles. The summed E-state index contributed by atoms with van der Waals surface area (Å²) in [6, 6.07) is 11.6. The number of hydrogen-bond acceptors (Lipinski definition) is 4. The van der Waals surface area contributed by atoms with E-state index < -0.39 is 0 Å². The largest absolute Gasteiger partial charge is 0.472 e. The number of ether oxygens (including phenoxy) is 2. The Hall–Kier alpha value is -2.86. The van der Waals surface area contributed by atoms with Crippen molar-refractivity contribution < 1.29 is 14.3 Å². The first-order chi connectivity index (χ1) is 12.7. The minimum absolute atomic E-state index is 0.0114. The molecule has 1 aliphatic rings. The Kier molecular flexibility index (Phi) is 4.58. The number of aromatic nitrogens is 2. The van der Waals surface area contributed by atoms with Crippen LogP contribution in [0.4, 0.5) is 0 Å². The Morgan fingerprint density at radius 2 is 2.27 bits per heavy atom. The van der Waals surface area contributed by atoms with Crippen LogP contribution in [0.3, 0.4) is 0 Å². The zero-order valence-corrected chi connectivity index (χ0v) is 14.6. The Morgan fingerprint density at radius 1 is 1.35 bits per heavy atom. The molecular weight excluding hydrogens is 330 g/mol. The zero-order chi connectivity index (χ0) is 17.9. The standard InChI is InChI=1S/C20H21N3O3/c1-13-8-16-9-14(2-3-18(16)23-13)11-22-20(24)15-4-6-21-19(10-15)26-17-5-7-25-12-17/h2-4,6,8-10,17,23H,5,7,11-12H2,1H3,(H,22,24). The van der Waals surface area contributed by atoms with Crippen LogP contribution in [0, 0.1) is 6.92 Å². The fourth-order valence-corrected chi connectivity index (χ4v) is 3.11. The fourth-order valence-electron chi connectivity index (χ4n) is 3.11. The number of aryl methyl sites for hydroxylation is 1. The molecular formula is C20H21N3O3. The molecule has 1 atom stereocenters. The maximum atomic E-state index is 12.4. The van der Waals surface area contributed by atoms with Gasteiger partial charge < -0.3 is 19.8 Å². The van der Waals surface area contributed by atoms with E-state index in [1.54, 1.807) is 18.3 Å². The normalized spacial score (nSPS) is 16.7. The number of carbonyl (C=O) groups is 1. The maximum Gasteiger partial charge on any atom is 0.251 e. The summed E-state index contributed by atoms with van der Waals surface area (Å²) >= 11 is 0. The third-order valence-electron chi connectivity index (χ3n) is 4.45. The number of carbonyl (C=O) groups excluding carboxylic acids is 1. The van der Waals surface area contributed by atoms with Gasteiger partial charge in [-0.3, -0.25) is 4.79 Å². The van der Waals surface area contributed by atoms with Crippen molar-refractivity contribution in [1.82, 2.24) is 15.3 Å². The lowest BCUT2D eigenvalue weighted by Gasteiger charge is -2.11. The van der Waals surface area contributed by atoms with Crippen LogP contribution >= 0.6 is 0 Å². The molecule has 2 N–H and O–H groups in total. The van der Waals surface area contributed by atoms with Crippen molar-refractivity contribution in [2.24, 2.45) is 0 Å². The molecule has 4 rings (SSSR count). The van der Waals surface area contributed by atoms with Gasteiger partial charge in [0.05, 0.1) is 13.2 Å². The van der Waals surface area contributed by atoms with Crippen molar-refractivity contribution in [2.45, 2.75) is 26.0 Å². The van der Waals surface area contributed by atoms with Crippen LogP contribution < -0.4 is 10.1 Å². The summed E-state index contributed by atoms with van der Waals surface area (Å²) in [6.45, 7) is 3.77. The van der Waals surface area contributed by atoms with E-state index in [9.17, 15) is 4.79 Å². The van der Waals surface area contributed by atoms with Crippen LogP contribution in [0.5, 0.6) is 5.88 Å². The van der Waals surface area contributed by atoms with Gasteiger partial charge in [-0.05, 0) is 42.1 Å². The summed E-state index contributed by atoms with van der Waals surface area (Å²) in [4.78, 5) is 19.9. The predicted octanol–water partition coefficient (Wildman–Crippen LogP) is 2.97. The highest BCUT2D eigenvalue weighted by molar-refractivity contribution is 5.94. The lowest BCUT2D eigenvalue weighted by atomic mass is 10.1. The number of nitrogens with one attached hydrogen (secondary N) is 2. The molecule has 1 amide bonds. The lowest BCUT2D eigenvalue weighted by molar-refractivity contribution is 0.0949. The highest BCUT2D eigenvalue weighted by Crippen LogP contribution is 2.18. The van der Waals surface area contributed by atoms with Gasteiger partial charge in [0.25, 0.3) is 5.91 Å². The van der Waals surface area contributed by atoms with Crippen LogP contribution in [0.1, 0.15) is 28.0 Å². The number of rotatable bonds is 5. The average Bonchev–Trinajstić information content (AvgIpc) is 3.27. The number of amides is 1. The molecule has 1 aliphatic heterocycles. The van der Waals surface area contributed by atoms with Gasteiger partial charge in [0.1, 0.15) is 6.10 Å². The van der Waals surface area contributed by atoms with E-state index in [2.05, 4.69) is 27.4 Å². The molecule has 1 fully saturated rings. The smallest absolute Gasteiger partial charge is 0.251 e. The van der Waals surface area contributed by atoms with Gasteiger partial charge >= 0.3 is 0 Å². The van der Waals surface area contributed by atoms with Crippen LogP contribution in [0.25, 0.3) is 10.9 Å². The third-order valence-corrected chi connectivity index (χ3v) is 4.45. The summed E-state index contributed by atoms with van der Waals surface area (Å²) in [5, 5.41) is 4.10. The van der Waals surface area contributed by atoms with Crippen molar-refractivity contribution in [1.29, 1.82) is 0 Å². The van der Waals surface area contributed by atoms with Gasteiger partial charge in [0.15, 0.2) is 0 Å². The van der Waals surface area contributed by atoms with Crippen molar-refractivity contribution in [3.05, 3.63) is 59.4 Å². The summed E-state index contributed by atoms with van der Waals surface area (Å²) in [5.41, 5.74) is 3.81. The minimum Gasteiger partial charge on any atom is -0.472 e. The fraction of sp³-hybridized carbons (Fsp3) is 0.300. The van der Waals surface area contributed by atoms with E-state index in [-0.39, 0.29) is 12.0 Å². The Labute approximate surface area is 151 Å². The summed E-state index contributed by atoms with van der Waals surface area (Å²) in [6.07, 6.45) is 2.45. The van der Waals surface area contributed by atoms with Gasteiger partial charge in [-0.1, -0.05) is 6.07 Å². The van der Waals surface area contributed by atoms with Crippen molar-refractivity contribution in [2.75, 3.05) is 13.2 Å². The first-order valence-electron chi connectivity index (χ1n) is 8.74. The summed E-state index contributed by atoms with van der Waals surface area (Å²) < 4.78 is 11.1. The van der Waals surface area contributed by atoms with Crippen molar-refractivity contribution in [3.8, 4) is 5.88 Å². The maximum absolute atomic E-state index is 12.4. The van der Waals surface area contributed by atoms with Gasteiger partial charge in [0, 0.05) is 42.0 Å². The molecule has 3 heterocycles. The summed E-state index contributed by atoms with van der Waals surface area (Å²) in [5.74, 6) is 0.308. The number of aromatic amines is 1. The predicted molar refractivity (Wildman–Crippen MR) is 98.3 cm³/mol. The average molecular weight is 351 g/mol. The number of benzene rings is 1. The molecule has 0 spiro atoms. The quantitative estimate of drug-likeness (QED) is 0.741. The highest BCUT2D eigenvalue weighted by Gasteiger charge is 2.18. The number of H-pyrrole nitrogens is 1. The van der Waals surface area contributed by atoms with E-state index in [4.69, 9.17) is 9.47 Å². The van der Waals surface area contributed by atoms with Crippen LogP contribution in [-0.4, -0.2) is 35.2 Å². The van der Waals surface area contributed by atoms with Crippen molar-refractivity contribution in [3.63, 3.8) is 0 Å².